The molecule has 1 aromatic carbocycles. The van der Waals surface area contributed by atoms with Crippen LogP contribution in [0.15, 0.2) is 24.3 Å². The lowest BCUT2D eigenvalue weighted by molar-refractivity contribution is -0.132. The number of benzene rings is 1. The van der Waals surface area contributed by atoms with Crippen LogP contribution in [-0.2, 0) is 4.79 Å². The average molecular weight is 342 g/mol. The van der Waals surface area contributed by atoms with Gasteiger partial charge in [0.05, 0.1) is 6.54 Å². The maximum Gasteiger partial charge on any atom is 0.325 e. The highest BCUT2D eigenvalue weighted by atomic mass is 16.2. The maximum atomic E-state index is 12.7. The lowest BCUT2D eigenvalue weighted by Gasteiger charge is -2.30. The van der Waals surface area contributed by atoms with E-state index in [1.165, 1.54) is 5.56 Å². The van der Waals surface area contributed by atoms with E-state index in [9.17, 15) is 14.4 Å². The second-order valence-electron chi connectivity index (χ2n) is 7.32. The van der Waals surface area contributed by atoms with E-state index >= 15 is 0 Å². The molecule has 1 atom stereocenters. The van der Waals surface area contributed by atoms with Crippen LogP contribution >= 0.6 is 0 Å². The van der Waals surface area contributed by atoms with Crippen LogP contribution in [0.5, 0.6) is 0 Å². The first-order valence-electron chi connectivity index (χ1n) is 9.24. The van der Waals surface area contributed by atoms with Gasteiger partial charge in [0.15, 0.2) is 5.78 Å². The summed E-state index contributed by atoms with van der Waals surface area (Å²) in [6.45, 7) is 4.09. The van der Waals surface area contributed by atoms with Gasteiger partial charge in [-0.3, -0.25) is 14.5 Å². The Bertz CT molecular complexity index is 675. The highest BCUT2D eigenvalue weighted by Crippen LogP contribution is 2.33. The maximum absolute atomic E-state index is 12.7. The summed E-state index contributed by atoms with van der Waals surface area (Å²) in [4.78, 5) is 38.6. The molecular weight excluding hydrogens is 316 g/mol. The number of Topliss-reactive ketones (excluding diaryl/α,β-unsaturated/α-hetero) is 1. The smallest absolute Gasteiger partial charge is 0.323 e. The van der Waals surface area contributed by atoms with Crippen molar-refractivity contribution in [2.24, 2.45) is 0 Å². The SMILES string of the molecule is CC[C@@H](C)c1ccc(C(=O)CN2C(=O)NC3(CCCCC3)C2=O)cc1. The van der Waals surface area contributed by atoms with E-state index in [0.717, 1.165) is 30.6 Å². The van der Waals surface area contributed by atoms with Gasteiger partial charge in [-0.15, -0.1) is 0 Å². The van der Waals surface area contributed by atoms with Crippen molar-refractivity contribution in [1.82, 2.24) is 10.2 Å². The molecule has 0 aromatic heterocycles. The molecule has 0 bridgehead atoms. The number of amides is 3. The van der Waals surface area contributed by atoms with Crippen molar-refractivity contribution in [3.8, 4) is 0 Å². The number of hydrogen-bond donors (Lipinski definition) is 1. The summed E-state index contributed by atoms with van der Waals surface area (Å²) in [6, 6.07) is 7.06. The van der Waals surface area contributed by atoms with Gasteiger partial charge >= 0.3 is 6.03 Å². The Balaban J connectivity index is 1.70. The number of carbonyl (C=O) groups is 3. The molecule has 0 radical (unpaired) electrons. The number of hydrogen-bond acceptors (Lipinski definition) is 3. The van der Waals surface area contributed by atoms with Crippen LogP contribution in [0.2, 0.25) is 0 Å². The predicted octanol–water partition coefficient (Wildman–Crippen LogP) is 3.64. The summed E-state index contributed by atoms with van der Waals surface area (Å²) < 4.78 is 0. The number of ketones is 1. The number of urea groups is 1. The van der Waals surface area contributed by atoms with Gasteiger partial charge in [-0.25, -0.2) is 4.79 Å². The predicted molar refractivity (Wildman–Crippen MR) is 95.5 cm³/mol. The van der Waals surface area contributed by atoms with Crippen LogP contribution in [0.3, 0.4) is 0 Å². The first kappa shape index (κ1) is 17.6. The number of rotatable bonds is 5. The van der Waals surface area contributed by atoms with Crippen molar-refractivity contribution in [3.63, 3.8) is 0 Å². The number of carbonyl (C=O) groups excluding carboxylic acids is 3. The molecule has 1 saturated heterocycles. The van der Waals surface area contributed by atoms with Gasteiger partial charge in [0.1, 0.15) is 5.54 Å². The molecule has 2 aliphatic rings. The van der Waals surface area contributed by atoms with E-state index in [0.29, 0.717) is 24.3 Å². The van der Waals surface area contributed by atoms with Crippen molar-refractivity contribution in [3.05, 3.63) is 35.4 Å². The van der Waals surface area contributed by atoms with Crippen LogP contribution in [0.1, 0.15) is 74.2 Å². The van der Waals surface area contributed by atoms with Crippen molar-refractivity contribution >= 4 is 17.7 Å². The second-order valence-corrected chi connectivity index (χ2v) is 7.32. The zero-order valence-electron chi connectivity index (χ0n) is 15.0. The summed E-state index contributed by atoms with van der Waals surface area (Å²) in [5, 5.41) is 2.84. The summed E-state index contributed by atoms with van der Waals surface area (Å²) >= 11 is 0. The Morgan fingerprint density at radius 3 is 2.40 bits per heavy atom. The van der Waals surface area contributed by atoms with Crippen molar-refractivity contribution in [1.29, 1.82) is 0 Å². The van der Waals surface area contributed by atoms with Crippen LogP contribution in [0.4, 0.5) is 4.79 Å². The van der Waals surface area contributed by atoms with Crippen LogP contribution < -0.4 is 5.32 Å². The summed E-state index contributed by atoms with van der Waals surface area (Å²) in [7, 11) is 0. The molecule has 1 aliphatic heterocycles. The van der Waals surface area contributed by atoms with E-state index in [2.05, 4.69) is 19.2 Å². The third-order valence-electron chi connectivity index (χ3n) is 5.67. The van der Waals surface area contributed by atoms with Gasteiger partial charge in [0.2, 0.25) is 0 Å². The monoisotopic (exact) mass is 342 g/mol. The highest BCUT2D eigenvalue weighted by Gasteiger charge is 2.51. The van der Waals surface area contributed by atoms with Crippen molar-refractivity contribution in [2.45, 2.75) is 63.8 Å². The van der Waals surface area contributed by atoms with Gasteiger partial charge in [-0.1, -0.05) is 57.4 Å². The molecule has 0 unspecified atom stereocenters. The molecule has 3 amide bonds. The Morgan fingerprint density at radius 1 is 1.16 bits per heavy atom. The molecule has 25 heavy (non-hydrogen) atoms. The van der Waals surface area contributed by atoms with E-state index in [4.69, 9.17) is 0 Å². The van der Waals surface area contributed by atoms with E-state index in [1.54, 1.807) is 12.1 Å². The summed E-state index contributed by atoms with van der Waals surface area (Å²) in [6.07, 6.45) is 5.34. The Labute approximate surface area is 148 Å². The van der Waals surface area contributed by atoms with E-state index in [1.807, 2.05) is 12.1 Å². The van der Waals surface area contributed by atoms with Gasteiger partial charge < -0.3 is 5.32 Å². The van der Waals surface area contributed by atoms with Gasteiger partial charge in [0, 0.05) is 5.56 Å². The van der Waals surface area contributed by atoms with Gasteiger partial charge in [-0.05, 0) is 30.7 Å². The van der Waals surface area contributed by atoms with Crippen molar-refractivity contribution < 1.29 is 14.4 Å². The summed E-state index contributed by atoms with van der Waals surface area (Å²) in [5.41, 5.74) is 0.961. The quantitative estimate of drug-likeness (QED) is 0.656. The topological polar surface area (TPSA) is 66.5 Å². The minimum Gasteiger partial charge on any atom is -0.323 e. The van der Waals surface area contributed by atoms with Crippen LogP contribution in [0.25, 0.3) is 0 Å². The summed E-state index contributed by atoms with van der Waals surface area (Å²) in [5.74, 6) is 0.00934. The lowest BCUT2D eigenvalue weighted by Crippen LogP contribution is -2.48. The fourth-order valence-electron chi connectivity index (χ4n) is 3.78. The van der Waals surface area contributed by atoms with Crippen LogP contribution in [0, 0.1) is 0 Å². The normalized spacial score (nSPS) is 20.6. The molecule has 1 N–H and O–H groups in total. The molecule has 1 spiro atoms. The third-order valence-corrected chi connectivity index (χ3v) is 5.67. The molecule has 3 rings (SSSR count). The fourth-order valence-corrected chi connectivity index (χ4v) is 3.78. The lowest BCUT2D eigenvalue weighted by atomic mass is 9.82. The number of imide groups is 1. The Kier molecular flexibility index (Phi) is 4.93. The largest absolute Gasteiger partial charge is 0.325 e. The van der Waals surface area contributed by atoms with E-state index in [-0.39, 0.29) is 18.2 Å². The molecule has 5 nitrogen and oxygen atoms in total. The zero-order valence-corrected chi connectivity index (χ0v) is 15.0. The zero-order chi connectivity index (χ0) is 18.0. The number of nitrogens with zero attached hydrogens (tertiary/aromatic N) is 1. The molecule has 1 aromatic rings. The van der Waals surface area contributed by atoms with E-state index < -0.39 is 11.6 Å². The first-order valence-corrected chi connectivity index (χ1v) is 9.24. The molecule has 1 heterocycles. The standard InChI is InChI=1S/C20H26N2O3/c1-3-14(2)15-7-9-16(10-8-15)17(23)13-22-18(24)20(21-19(22)25)11-5-4-6-12-20/h7-10,14H,3-6,11-13H2,1-2H3,(H,21,25)/t14-/m1/s1. The Hall–Kier alpha value is -2.17. The molecular formula is C20H26N2O3. The minimum atomic E-state index is -0.768. The molecule has 1 aliphatic carbocycles. The fraction of sp³-hybridized carbons (Fsp3) is 0.550. The highest BCUT2D eigenvalue weighted by molar-refractivity contribution is 6.11. The molecule has 2 fully saturated rings. The molecule has 5 heteroatoms. The molecule has 1 saturated carbocycles. The first-order chi connectivity index (χ1) is 12.0. The third kappa shape index (κ3) is 3.32. The number of nitrogens with one attached hydrogen (secondary N) is 1. The minimum absolute atomic E-state index is 0.185. The van der Waals surface area contributed by atoms with Crippen molar-refractivity contribution in [2.75, 3.05) is 6.54 Å². The second kappa shape index (κ2) is 6.98. The average Bonchev–Trinajstić information content (AvgIpc) is 2.85. The van der Waals surface area contributed by atoms with Gasteiger partial charge in [-0.2, -0.15) is 0 Å². The Morgan fingerprint density at radius 2 is 1.80 bits per heavy atom. The van der Waals surface area contributed by atoms with Gasteiger partial charge in [0.25, 0.3) is 5.91 Å². The molecule has 134 valence electrons. The van der Waals surface area contributed by atoms with Crippen LogP contribution in [-0.4, -0.2) is 34.7 Å².